The molecule has 0 aliphatic heterocycles. The van der Waals surface area contributed by atoms with E-state index in [0.29, 0.717) is 11.7 Å². The molecule has 2 aromatic heterocycles. The van der Waals surface area contributed by atoms with Gasteiger partial charge in [0, 0.05) is 30.6 Å². The van der Waals surface area contributed by atoms with Gasteiger partial charge in [-0.2, -0.15) is 0 Å². The second-order valence-corrected chi connectivity index (χ2v) is 7.96. The molecule has 1 fully saturated rings. The van der Waals surface area contributed by atoms with Crippen LogP contribution in [0.3, 0.4) is 0 Å². The minimum atomic E-state index is -0.490. The lowest BCUT2D eigenvalue weighted by Gasteiger charge is -2.30. The fourth-order valence-electron chi connectivity index (χ4n) is 4.15. The van der Waals surface area contributed by atoms with Gasteiger partial charge in [-0.3, -0.25) is 14.9 Å². The van der Waals surface area contributed by atoms with Crippen LogP contribution in [0.1, 0.15) is 41.7 Å². The Bertz CT molecular complexity index is 1110. The molecule has 9 heteroatoms. The molecule has 1 aromatic carbocycles. The molecule has 1 saturated carbocycles. The topological polar surface area (TPSA) is 102 Å². The lowest BCUT2D eigenvalue weighted by molar-refractivity contribution is -0.384. The van der Waals surface area contributed by atoms with E-state index in [1.165, 1.54) is 22.4 Å². The number of rotatable bonds is 5. The van der Waals surface area contributed by atoms with E-state index >= 15 is 0 Å². The van der Waals surface area contributed by atoms with Gasteiger partial charge in [-0.15, -0.1) is 12.4 Å². The van der Waals surface area contributed by atoms with Gasteiger partial charge in [0.25, 0.3) is 11.6 Å². The van der Waals surface area contributed by atoms with E-state index < -0.39 is 4.92 Å². The zero-order valence-electron chi connectivity index (χ0n) is 17.5. The zero-order chi connectivity index (χ0) is 21.3. The van der Waals surface area contributed by atoms with Crippen LogP contribution in [0.2, 0.25) is 0 Å². The molecule has 0 unspecified atom stereocenters. The number of nitrogens with zero attached hydrogens (tertiary/aromatic N) is 3. The van der Waals surface area contributed by atoms with Crippen LogP contribution in [0.25, 0.3) is 10.9 Å². The Morgan fingerprint density at radius 1 is 1.16 bits per heavy atom. The van der Waals surface area contributed by atoms with Crippen LogP contribution in [0.15, 0.2) is 42.6 Å². The molecular weight excluding hydrogens is 418 g/mol. The maximum atomic E-state index is 12.5. The summed E-state index contributed by atoms with van der Waals surface area (Å²) in [6.45, 7) is 2.09. The Morgan fingerprint density at radius 3 is 2.52 bits per heavy atom. The summed E-state index contributed by atoms with van der Waals surface area (Å²) in [5.41, 5.74) is 2.41. The number of para-hydroxylation sites is 1. The fourth-order valence-corrected chi connectivity index (χ4v) is 4.15. The van der Waals surface area contributed by atoms with E-state index in [1.54, 1.807) is 7.05 Å². The van der Waals surface area contributed by atoms with Crippen molar-refractivity contribution in [3.05, 3.63) is 64.0 Å². The average Bonchev–Trinajstić information content (AvgIpc) is 3.12. The molecule has 1 aliphatic rings. The van der Waals surface area contributed by atoms with Gasteiger partial charge >= 0.3 is 0 Å². The molecule has 1 aliphatic carbocycles. The molecule has 1 amide bonds. The van der Waals surface area contributed by atoms with E-state index in [0.717, 1.165) is 42.4 Å². The van der Waals surface area contributed by atoms with Crippen molar-refractivity contribution in [1.82, 2.24) is 14.9 Å². The number of anilines is 1. The summed E-state index contributed by atoms with van der Waals surface area (Å²) in [5.74, 6) is 0.614. The molecule has 0 atom stereocenters. The lowest BCUT2D eigenvalue weighted by atomic mass is 9.91. The van der Waals surface area contributed by atoms with E-state index in [1.807, 2.05) is 18.2 Å². The number of aryl methyl sites for hydroxylation is 2. The number of halogens is 1. The Morgan fingerprint density at radius 2 is 1.84 bits per heavy atom. The van der Waals surface area contributed by atoms with E-state index in [-0.39, 0.29) is 30.0 Å². The number of carbonyl (C=O) groups excluding carboxylic acids is 1. The van der Waals surface area contributed by atoms with Crippen molar-refractivity contribution < 1.29 is 9.72 Å². The van der Waals surface area contributed by atoms with Crippen LogP contribution in [0.5, 0.6) is 0 Å². The van der Waals surface area contributed by atoms with Gasteiger partial charge in [-0.1, -0.05) is 18.2 Å². The Balaban J connectivity index is 0.00000272. The molecule has 2 N–H and O–H groups in total. The zero-order valence-corrected chi connectivity index (χ0v) is 18.3. The smallest absolute Gasteiger partial charge is 0.287 e. The first-order valence-corrected chi connectivity index (χ1v) is 10.2. The van der Waals surface area contributed by atoms with Crippen molar-refractivity contribution in [3.8, 4) is 0 Å². The molecule has 2 heterocycles. The minimum absolute atomic E-state index is 0. The predicted molar refractivity (Wildman–Crippen MR) is 123 cm³/mol. The number of hydrogen-bond donors (Lipinski definition) is 2. The van der Waals surface area contributed by atoms with Crippen LogP contribution in [0, 0.1) is 17.0 Å². The molecule has 0 bridgehead atoms. The molecule has 0 saturated heterocycles. The van der Waals surface area contributed by atoms with Gasteiger partial charge in [0.1, 0.15) is 11.5 Å². The number of benzene rings is 1. The third-order valence-electron chi connectivity index (χ3n) is 5.77. The third kappa shape index (κ3) is 4.96. The summed E-state index contributed by atoms with van der Waals surface area (Å²) in [7, 11) is 1.64. The van der Waals surface area contributed by atoms with Crippen LogP contribution >= 0.6 is 12.4 Å². The predicted octanol–water partition coefficient (Wildman–Crippen LogP) is 4.36. The molecule has 164 valence electrons. The molecular formula is C22H26ClN5O3. The second kappa shape index (κ2) is 9.34. The number of nitrogens with one attached hydrogen (secondary N) is 2. The Hall–Kier alpha value is -3.13. The van der Waals surface area contributed by atoms with Crippen LogP contribution in [-0.4, -0.2) is 32.5 Å². The van der Waals surface area contributed by atoms with Gasteiger partial charge in [-0.25, -0.2) is 4.98 Å². The summed E-state index contributed by atoms with van der Waals surface area (Å²) in [6.07, 6.45) is 4.90. The standard InChI is InChI=1S/C22H25N5O3.ClH/c1-14-11-21(25-19-6-4-3-5-18(14)19)23-15-7-9-16(10-8-15)24-22(28)20-12-17(27(29)30)13-26(20)2;/h3-6,11-13,15-16H,7-10H2,1-2H3,(H,23,25)(H,24,28);1H/t15-,16+;. The number of fused-ring (bicyclic) bond motifs is 1. The van der Waals surface area contributed by atoms with Gasteiger partial charge in [0.05, 0.1) is 16.6 Å². The van der Waals surface area contributed by atoms with Crippen molar-refractivity contribution in [1.29, 1.82) is 0 Å². The number of carbonyl (C=O) groups is 1. The highest BCUT2D eigenvalue weighted by Gasteiger charge is 2.25. The first kappa shape index (κ1) is 22.6. The summed E-state index contributed by atoms with van der Waals surface area (Å²) in [4.78, 5) is 27.7. The molecule has 0 radical (unpaired) electrons. The summed E-state index contributed by atoms with van der Waals surface area (Å²) < 4.78 is 1.49. The number of hydrogen-bond acceptors (Lipinski definition) is 5. The third-order valence-corrected chi connectivity index (χ3v) is 5.77. The van der Waals surface area contributed by atoms with Crippen LogP contribution in [-0.2, 0) is 7.05 Å². The summed E-state index contributed by atoms with van der Waals surface area (Å²) in [5, 5.41) is 18.6. The highest BCUT2D eigenvalue weighted by atomic mass is 35.5. The normalized spacial score (nSPS) is 18.3. The number of aromatic nitrogens is 2. The number of pyridine rings is 1. The maximum Gasteiger partial charge on any atom is 0.287 e. The quantitative estimate of drug-likeness (QED) is 0.450. The largest absolute Gasteiger partial charge is 0.367 e. The SMILES string of the molecule is Cc1cc(N[C@H]2CC[C@@H](NC(=O)c3cc([N+](=O)[O-])cn3C)CC2)nc2ccccc12.Cl. The van der Waals surface area contributed by atoms with Gasteiger partial charge in [0.15, 0.2) is 0 Å². The first-order chi connectivity index (χ1) is 14.4. The number of nitro groups is 1. The van der Waals surface area contributed by atoms with E-state index in [2.05, 4.69) is 29.7 Å². The van der Waals surface area contributed by atoms with Crippen molar-refractivity contribution in [3.63, 3.8) is 0 Å². The van der Waals surface area contributed by atoms with Crippen molar-refractivity contribution in [2.75, 3.05) is 5.32 Å². The molecule has 3 aromatic rings. The molecule has 0 spiro atoms. The van der Waals surface area contributed by atoms with Gasteiger partial charge < -0.3 is 15.2 Å². The van der Waals surface area contributed by atoms with Gasteiger partial charge in [-0.05, 0) is 50.3 Å². The first-order valence-electron chi connectivity index (χ1n) is 10.2. The van der Waals surface area contributed by atoms with Crippen molar-refractivity contribution in [2.45, 2.75) is 44.7 Å². The van der Waals surface area contributed by atoms with Crippen molar-refractivity contribution in [2.24, 2.45) is 7.05 Å². The highest BCUT2D eigenvalue weighted by molar-refractivity contribution is 5.93. The molecule has 31 heavy (non-hydrogen) atoms. The van der Waals surface area contributed by atoms with Crippen LogP contribution in [0.4, 0.5) is 11.5 Å². The second-order valence-electron chi connectivity index (χ2n) is 7.96. The van der Waals surface area contributed by atoms with E-state index in [4.69, 9.17) is 4.98 Å². The summed E-state index contributed by atoms with van der Waals surface area (Å²) >= 11 is 0. The average molecular weight is 444 g/mol. The Labute approximate surface area is 186 Å². The van der Waals surface area contributed by atoms with Crippen LogP contribution < -0.4 is 10.6 Å². The van der Waals surface area contributed by atoms with E-state index in [9.17, 15) is 14.9 Å². The minimum Gasteiger partial charge on any atom is -0.367 e. The molecule has 4 rings (SSSR count). The molecule has 8 nitrogen and oxygen atoms in total. The number of amides is 1. The van der Waals surface area contributed by atoms with Crippen molar-refractivity contribution >= 4 is 40.7 Å². The maximum absolute atomic E-state index is 12.5. The fraction of sp³-hybridized carbons (Fsp3) is 0.364. The lowest BCUT2D eigenvalue weighted by Crippen LogP contribution is -2.40. The summed E-state index contributed by atoms with van der Waals surface area (Å²) in [6, 6.07) is 11.9. The monoisotopic (exact) mass is 443 g/mol. The van der Waals surface area contributed by atoms with Gasteiger partial charge in [0.2, 0.25) is 0 Å². The Kier molecular flexibility index (Phi) is 6.80. The highest BCUT2D eigenvalue weighted by Crippen LogP contribution is 2.25.